The van der Waals surface area contributed by atoms with Crippen molar-refractivity contribution in [1.29, 1.82) is 0 Å². The first kappa shape index (κ1) is 9.21. The van der Waals surface area contributed by atoms with Crippen LogP contribution in [0.3, 0.4) is 0 Å². The van der Waals surface area contributed by atoms with Crippen LogP contribution in [0, 0.1) is 6.92 Å². The number of nitrogens with two attached hydrogens (primary N) is 1. The first-order valence-electron chi connectivity index (χ1n) is 4.10. The molecular weight excluding hydrogens is 244 g/mol. The predicted octanol–water partition coefficient (Wildman–Crippen LogP) is 2.12. The molecule has 4 nitrogen and oxygen atoms in total. The number of nitrogens with one attached hydrogen (secondary N) is 1. The molecule has 2 rings (SSSR count). The molecule has 2 aromatic rings. The average Bonchev–Trinajstić information content (AvgIpc) is 2.50. The summed E-state index contributed by atoms with van der Waals surface area (Å²) in [5.74, 6) is 1.45. The summed E-state index contributed by atoms with van der Waals surface area (Å²) in [5.41, 5.74) is 7.30. The van der Waals surface area contributed by atoms with Crippen molar-refractivity contribution in [2.45, 2.75) is 6.92 Å². The van der Waals surface area contributed by atoms with E-state index in [1.54, 1.807) is 0 Å². The van der Waals surface area contributed by atoms with Crippen molar-refractivity contribution in [1.82, 2.24) is 15.2 Å². The lowest BCUT2D eigenvalue weighted by Gasteiger charge is -1.99. The second-order valence-electron chi connectivity index (χ2n) is 3.02. The largest absolute Gasteiger partial charge is 0.399 e. The fourth-order valence-electron chi connectivity index (χ4n) is 1.21. The Balaban J connectivity index is 2.51. The SMILES string of the molecule is Cc1nc(-c2cc(N)cc(Br)c2)n[nH]1. The second kappa shape index (κ2) is 3.42. The summed E-state index contributed by atoms with van der Waals surface area (Å²) in [7, 11) is 0. The molecule has 0 aliphatic carbocycles. The van der Waals surface area contributed by atoms with Crippen molar-refractivity contribution < 1.29 is 0 Å². The van der Waals surface area contributed by atoms with E-state index >= 15 is 0 Å². The molecule has 0 aliphatic heterocycles. The maximum absolute atomic E-state index is 5.71. The van der Waals surface area contributed by atoms with Crippen molar-refractivity contribution in [3.63, 3.8) is 0 Å². The Bertz CT molecular complexity index is 443. The molecule has 0 amide bonds. The molecule has 5 heteroatoms. The normalized spacial score (nSPS) is 10.4. The van der Waals surface area contributed by atoms with E-state index in [9.17, 15) is 0 Å². The summed E-state index contributed by atoms with van der Waals surface area (Å²) >= 11 is 3.37. The van der Waals surface area contributed by atoms with Gasteiger partial charge in [0, 0.05) is 15.7 Å². The van der Waals surface area contributed by atoms with Gasteiger partial charge in [-0.05, 0) is 25.1 Å². The number of aromatic nitrogens is 3. The van der Waals surface area contributed by atoms with E-state index in [0.29, 0.717) is 11.5 Å². The Hall–Kier alpha value is -1.36. The van der Waals surface area contributed by atoms with Gasteiger partial charge in [-0.25, -0.2) is 4.98 Å². The first-order valence-corrected chi connectivity index (χ1v) is 4.90. The number of anilines is 1. The van der Waals surface area contributed by atoms with E-state index < -0.39 is 0 Å². The van der Waals surface area contributed by atoms with E-state index in [0.717, 1.165) is 15.9 Å². The Kier molecular flexibility index (Phi) is 2.25. The third kappa shape index (κ3) is 1.77. The maximum atomic E-state index is 5.71. The predicted molar refractivity (Wildman–Crippen MR) is 58.7 cm³/mol. The third-order valence-corrected chi connectivity index (χ3v) is 2.23. The first-order chi connectivity index (χ1) is 6.65. The molecule has 0 saturated carbocycles. The van der Waals surface area contributed by atoms with Crippen LogP contribution in [0.2, 0.25) is 0 Å². The van der Waals surface area contributed by atoms with Gasteiger partial charge in [-0.1, -0.05) is 15.9 Å². The highest BCUT2D eigenvalue weighted by atomic mass is 79.9. The van der Waals surface area contributed by atoms with Gasteiger partial charge < -0.3 is 5.73 Å². The minimum atomic E-state index is 0.663. The number of hydrogen-bond donors (Lipinski definition) is 2. The second-order valence-corrected chi connectivity index (χ2v) is 3.93. The molecule has 0 bridgehead atoms. The van der Waals surface area contributed by atoms with Gasteiger partial charge in [0.2, 0.25) is 0 Å². The van der Waals surface area contributed by atoms with Gasteiger partial charge in [-0.2, -0.15) is 5.10 Å². The number of rotatable bonds is 1. The number of nitrogen functional groups attached to an aromatic ring is 1. The number of aromatic amines is 1. The number of aryl methyl sites for hydroxylation is 1. The molecule has 14 heavy (non-hydrogen) atoms. The van der Waals surface area contributed by atoms with Crippen molar-refractivity contribution in [3.05, 3.63) is 28.5 Å². The van der Waals surface area contributed by atoms with Crippen molar-refractivity contribution in [2.24, 2.45) is 0 Å². The van der Waals surface area contributed by atoms with Crippen LogP contribution < -0.4 is 5.73 Å². The highest BCUT2D eigenvalue weighted by Gasteiger charge is 2.04. The number of benzene rings is 1. The zero-order chi connectivity index (χ0) is 10.1. The molecule has 0 unspecified atom stereocenters. The zero-order valence-electron chi connectivity index (χ0n) is 7.58. The lowest BCUT2D eigenvalue weighted by molar-refractivity contribution is 1.04. The summed E-state index contributed by atoms with van der Waals surface area (Å²) in [6, 6.07) is 5.61. The summed E-state index contributed by atoms with van der Waals surface area (Å²) in [6.07, 6.45) is 0. The molecular formula is C9H9BrN4. The zero-order valence-corrected chi connectivity index (χ0v) is 9.17. The average molecular weight is 253 g/mol. The molecule has 0 radical (unpaired) electrons. The molecule has 1 heterocycles. The van der Waals surface area contributed by atoms with E-state index in [-0.39, 0.29) is 0 Å². The molecule has 0 fully saturated rings. The van der Waals surface area contributed by atoms with Crippen LogP contribution in [0.15, 0.2) is 22.7 Å². The molecule has 72 valence electrons. The van der Waals surface area contributed by atoms with Crippen molar-refractivity contribution in [2.75, 3.05) is 5.73 Å². The van der Waals surface area contributed by atoms with Gasteiger partial charge in [0.15, 0.2) is 5.82 Å². The number of halogens is 1. The number of hydrogen-bond acceptors (Lipinski definition) is 3. The van der Waals surface area contributed by atoms with Gasteiger partial charge in [0.25, 0.3) is 0 Å². The Morgan fingerprint density at radius 1 is 1.36 bits per heavy atom. The van der Waals surface area contributed by atoms with Crippen molar-refractivity contribution >= 4 is 21.6 Å². The quantitative estimate of drug-likeness (QED) is 0.765. The third-order valence-electron chi connectivity index (χ3n) is 1.78. The van der Waals surface area contributed by atoms with Crippen LogP contribution in [-0.4, -0.2) is 15.2 Å². The van der Waals surface area contributed by atoms with Gasteiger partial charge in [-0.3, -0.25) is 5.10 Å². The van der Waals surface area contributed by atoms with Crippen LogP contribution >= 0.6 is 15.9 Å². The summed E-state index contributed by atoms with van der Waals surface area (Å²) in [5, 5.41) is 6.84. The standard InChI is InChI=1S/C9H9BrN4/c1-5-12-9(14-13-5)6-2-7(10)4-8(11)3-6/h2-4H,11H2,1H3,(H,12,13,14). The van der Waals surface area contributed by atoms with Gasteiger partial charge >= 0.3 is 0 Å². The molecule has 0 aliphatic rings. The summed E-state index contributed by atoms with van der Waals surface area (Å²) in [4.78, 5) is 4.22. The van der Waals surface area contributed by atoms with Crippen LogP contribution in [0.5, 0.6) is 0 Å². The van der Waals surface area contributed by atoms with Gasteiger partial charge in [0.1, 0.15) is 5.82 Å². The van der Waals surface area contributed by atoms with E-state index in [1.165, 1.54) is 0 Å². The molecule has 0 spiro atoms. The number of nitrogens with zero attached hydrogens (tertiary/aromatic N) is 2. The van der Waals surface area contributed by atoms with E-state index in [4.69, 9.17) is 5.73 Å². The maximum Gasteiger partial charge on any atom is 0.181 e. The molecule has 0 atom stereocenters. The summed E-state index contributed by atoms with van der Waals surface area (Å²) < 4.78 is 0.926. The summed E-state index contributed by atoms with van der Waals surface area (Å²) in [6.45, 7) is 1.86. The molecule has 1 aromatic carbocycles. The van der Waals surface area contributed by atoms with Crippen LogP contribution in [0.4, 0.5) is 5.69 Å². The Labute approximate surface area is 89.7 Å². The van der Waals surface area contributed by atoms with E-state index in [2.05, 4.69) is 31.1 Å². The monoisotopic (exact) mass is 252 g/mol. The lowest BCUT2D eigenvalue weighted by Crippen LogP contribution is -1.87. The minimum Gasteiger partial charge on any atom is -0.399 e. The molecule has 3 N–H and O–H groups in total. The highest BCUT2D eigenvalue weighted by Crippen LogP contribution is 2.23. The molecule has 1 aromatic heterocycles. The lowest BCUT2D eigenvalue weighted by atomic mass is 10.2. The number of H-pyrrole nitrogens is 1. The van der Waals surface area contributed by atoms with Crippen LogP contribution in [0.1, 0.15) is 5.82 Å². The molecule has 0 saturated heterocycles. The highest BCUT2D eigenvalue weighted by molar-refractivity contribution is 9.10. The van der Waals surface area contributed by atoms with E-state index in [1.807, 2.05) is 25.1 Å². The smallest absolute Gasteiger partial charge is 0.181 e. The topological polar surface area (TPSA) is 67.6 Å². The van der Waals surface area contributed by atoms with Crippen LogP contribution in [-0.2, 0) is 0 Å². The van der Waals surface area contributed by atoms with Gasteiger partial charge in [-0.15, -0.1) is 0 Å². The van der Waals surface area contributed by atoms with Crippen LogP contribution in [0.25, 0.3) is 11.4 Å². The fourth-order valence-corrected chi connectivity index (χ4v) is 1.72. The Morgan fingerprint density at radius 3 is 2.71 bits per heavy atom. The van der Waals surface area contributed by atoms with Crippen molar-refractivity contribution in [3.8, 4) is 11.4 Å². The minimum absolute atomic E-state index is 0.663. The fraction of sp³-hybridized carbons (Fsp3) is 0.111. The van der Waals surface area contributed by atoms with Gasteiger partial charge in [0.05, 0.1) is 0 Å². The Morgan fingerprint density at radius 2 is 2.14 bits per heavy atom.